The number of aromatic amines is 1. The number of amides is 1. The molecule has 2 N–H and O–H groups in total. The summed E-state index contributed by atoms with van der Waals surface area (Å²) in [5.74, 6) is 0.552. The van der Waals surface area contributed by atoms with Gasteiger partial charge in [0.2, 0.25) is 0 Å². The van der Waals surface area contributed by atoms with Crippen molar-refractivity contribution in [2.45, 2.75) is 25.7 Å². The summed E-state index contributed by atoms with van der Waals surface area (Å²) in [5.41, 5.74) is 2.03. The van der Waals surface area contributed by atoms with E-state index in [4.69, 9.17) is 0 Å². The normalized spacial score (nSPS) is 16.2. The maximum atomic E-state index is 12.0. The predicted octanol–water partition coefficient (Wildman–Crippen LogP) is 1.88. The van der Waals surface area contributed by atoms with Crippen molar-refractivity contribution in [3.8, 4) is 0 Å². The number of rotatable bonds is 3. The first-order valence-corrected chi connectivity index (χ1v) is 6.41. The first-order valence-electron chi connectivity index (χ1n) is 6.41. The molecule has 0 saturated heterocycles. The lowest BCUT2D eigenvalue weighted by molar-refractivity contribution is 0.0943. The molecule has 0 aromatic carbocycles. The Labute approximate surface area is 105 Å². The van der Waals surface area contributed by atoms with Crippen LogP contribution in [0, 0.1) is 5.92 Å². The molecule has 1 aliphatic rings. The number of fused-ring (bicyclic) bond motifs is 1. The van der Waals surface area contributed by atoms with Crippen LogP contribution in [0.25, 0.3) is 11.0 Å². The van der Waals surface area contributed by atoms with E-state index in [1.165, 1.54) is 25.7 Å². The predicted molar refractivity (Wildman–Crippen MR) is 68.2 cm³/mol. The topological polar surface area (TPSA) is 70.7 Å². The van der Waals surface area contributed by atoms with Gasteiger partial charge in [-0.25, -0.2) is 4.98 Å². The van der Waals surface area contributed by atoms with E-state index in [0.29, 0.717) is 11.6 Å². The average Bonchev–Trinajstić information content (AvgIpc) is 3.05. The van der Waals surface area contributed by atoms with Crippen molar-refractivity contribution in [2.75, 3.05) is 6.54 Å². The van der Waals surface area contributed by atoms with Gasteiger partial charge < -0.3 is 5.32 Å². The van der Waals surface area contributed by atoms with Crippen LogP contribution < -0.4 is 5.32 Å². The Morgan fingerprint density at radius 3 is 3.06 bits per heavy atom. The number of carbonyl (C=O) groups excluding carboxylic acids is 1. The van der Waals surface area contributed by atoms with E-state index in [1.807, 2.05) is 6.07 Å². The molecule has 1 amide bonds. The van der Waals surface area contributed by atoms with E-state index < -0.39 is 0 Å². The number of nitrogens with zero attached hydrogens (tertiary/aromatic N) is 2. The first kappa shape index (κ1) is 11.2. The van der Waals surface area contributed by atoms with E-state index in [0.717, 1.165) is 17.6 Å². The minimum atomic E-state index is -0.0926. The molecule has 2 heterocycles. The minimum absolute atomic E-state index is 0.0926. The van der Waals surface area contributed by atoms with Crippen LogP contribution in [0.5, 0.6) is 0 Å². The molecule has 1 aliphatic carbocycles. The van der Waals surface area contributed by atoms with Gasteiger partial charge in [0.25, 0.3) is 5.91 Å². The van der Waals surface area contributed by atoms with Gasteiger partial charge in [0.1, 0.15) is 11.2 Å². The molecule has 3 rings (SSSR count). The molecule has 18 heavy (non-hydrogen) atoms. The third-order valence-electron chi connectivity index (χ3n) is 3.56. The molecular weight excluding hydrogens is 228 g/mol. The molecule has 0 aliphatic heterocycles. The number of aromatic nitrogens is 3. The fraction of sp³-hybridized carbons (Fsp3) is 0.462. The zero-order valence-electron chi connectivity index (χ0n) is 10.1. The lowest BCUT2D eigenvalue weighted by Crippen LogP contribution is -2.28. The van der Waals surface area contributed by atoms with Crippen LogP contribution in [-0.2, 0) is 0 Å². The lowest BCUT2D eigenvalue weighted by atomic mass is 10.1. The monoisotopic (exact) mass is 244 g/mol. The van der Waals surface area contributed by atoms with Gasteiger partial charge >= 0.3 is 0 Å². The van der Waals surface area contributed by atoms with E-state index in [1.54, 1.807) is 12.3 Å². The van der Waals surface area contributed by atoms with Gasteiger partial charge in [-0.3, -0.25) is 9.89 Å². The van der Waals surface area contributed by atoms with E-state index in [2.05, 4.69) is 20.5 Å². The molecule has 0 atom stereocenters. The van der Waals surface area contributed by atoms with Gasteiger partial charge in [0, 0.05) is 6.54 Å². The molecule has 0 spiro atoms. The van der Waals surface area contributed by atoms with Gasteiger partial charge in [-0.1, -0.05) is 12.8 Å². The number of carbonyl (C=O) groups is 1. The number of pyridine rings is 1. The van der Waals surface area contributed by atoms with Crippen LogP contribution in [0.4, 0.5) is 0 Å². The Bertz CT molecular complexity index is 557. The van der Waals surface area contributed by atoms with Crippen molar-refractivity contribution < 1.29 is 4.79 Å². The summed E-state index contributed by atoms with van der Waals surface area (Å²) >= 11 is 0. The Kier molecular flexibility index (Phi) is 2.96. The molecule has 5 heteroatoms. The van der Waals surface area contributed by atoms with Crippen LogP contribution in [-0.4, -0.2) is 27.6 Å². The fourth-order valence-corrected chi connectivity index (χ4v) is 2.50. The molecule has 1 saturated carbocycles. The number of hydrogen-bond donors (Lipinski definition) is 2. The number of hydrogen-bond acceptors (Lipinski definition) is 3. The summed E-state index contributed by atoms with van der Waals surface area (Å²) in [7, 11) is 0. The summed E-state index contributed by atoms with van der Waals surface area (Å²) in [5, 5.41) is 9.68. The summed E-state index contributed by atoms with van der Waals surface area (Å²) in [6, 6.07) is 3.56. The molecule has 94 valence electrons. The lowest BCUT2D eigenvalue weighted by Gasteiger charge is -2.10. The highest BCUT2D eigenvalue weighted by atomic mass is 16.1. The quantitative estimate of drug-likeness (QED) is 0.866. The SMILES string of the molecule is O=C(NCC1CCCC1)c1ccc2[nH]ncc2n1. The van der Waals surface area contributed by atoms with Gasteiger partial charge in [0.05, 0.1) is 11.7 Å². The van der Waals surface area contributed by atoms with E-state index in [9.17, 15) is 4.79 Å². The van der Waals surface area contributed by atoms with Crippen molar-refractivity contribution in [1.82, 2.24) is 20.5 Å². The summed E-state index contributed by atoms with van der Waals surface area (Å²) in [6.07, 6.45) is 6.67. The summed E-state index contributed by atoms with van der Waals surface area (Å²) in [6.45, 7) is 0.768. The van der Waals surface area contributed by atoms with Crippen LogP contribution in [0.2, 0.25) is 0 Å². The Balaban J connectivity index is 1.67. The molecule has 1 fully saturated rings. The van der Waals surface area contributed by atoms with Gasteiger partial charge in [-0.2, -0.15) is 5.10 Å². The van der Waals surface area contributed by atoms with E-state index in [-0.39, 0.29) is 5.91 Å². The molecule has 0 radical (unpaired) electrons. The van der Waals surface area contributed by atoms with Crippen molar-refractivity contribution in [2.24, 2.45) is 5.92 Å². The molecule has 0 unspecified atom stereocenters. The zero-order chi connectivity index (χ0) is 12.4. The average molecular weight is 244 g/mol. The highest BCUT2D eigenvalue weighted by molar-refractivity contribution is 5.94. The van der Waals surface area contributed by atoms with Crippen LogP contribution in [0.1, 0.15) is 36.2 Å². The second kappa shape index (κ2) is 4.76. The van der Waals surface area contributed by atoms with E-state index >= 15 is 0 Å². The Morgan fingerprint density at radius 1 is 1.39 bits per heavy atom. The van der Waals surface area contributed by atoms with Gasteiger partial charge in [-0.15, -0.1) is 0 Å². The second-order valence-corrected chi connectivity index (χ2v) is 4.86. The van der Waals surface area contributed by atoms with Crippen molar-refractivity contribution in [3.63, 3.8) is 0 Å². The van der Waals surface area contributed by atoms with Gasteiger partial charge in [-0.05, 0) is 30.9 Å². The Morgan fingerprint density at radius 2 is 2.22 bits per heavy atom. The van der Waals surface area contributed by atoms with Gasteiger partial charge in [0.15, 0.2) is 0 Å². The standard InChI is InChI=1S/C13H16N4O/c18-13(14-7-9-3-1-2-4-9)11-6-5-10-12(16-11)8-15-17-10/h5-6,8-9H,1-4,7H2,(H,14,18)(H,15,17). The highest BCUT2D eigenvalue weighted by Crippen LogP contribution is 2.23. The van der Waals surface area contributed by atoms with Crippen molar-refractivity contribution >= 4 is 16.9 Å². The number of nitrogens with one attached hydrogen (secondary N) is 2. The summed E-state index contributed by atoms with van der Waals surface area (Å²) < 4.78 is 0. The molecule has 2 aromatic rings. The van der Waals surface area contributed by atoms with Crippen molar-refractivity contribution in [3.05, 3.63) is 24.0 Å². The third-order valence-corrected chi connectivity index (χ3v) is 3.56. The molecule has 0 bridgehead atoms. The minimum Gasteiger partial charge on any atom is -0.350 e. The van der Waals surface area contributed by atoms with Crippen LogP contribution in [0.15, 0.2) is 18.3 Å². The van der Waals surface area contributed by atoms with Crippen molar-refractivity contribution in [1.29, 1.82) is 0 Å². The zero-order valence-corrected chi connectivity index (χ0v) is 10.1. The molecule has 2 aromatic heterocycles. The molecular formula is C13H16N4O. The first-order chi connectivity index (χ1) is 8.83. The summed E-state index contributed by atoms with van der Waals surface area (Å²) in [4.78, 5) is 16.2. The Hall–Kier alpha value is -1.91. The van der Waals surface area contributed by atoms with Crippen LogP contribution in [0.3, 0.4) is 0 Å². The number of H-pyrrole nitrogens is 1. The third kappa shape index (κ3) is 2.20. The maximum absolute atomic E-state index is 12.0. The molecule has 5 nitrogen and oxygen atoms in total. The second-order valence-electron chi connectivity index (χ2n) is 4.86. The largest absolute Gasteiger partial charge is 0.350 e. The van der Waals surface area contributed by atoms with Crippen LogP contribution >= 0.6 is 0 Å². The fourth-order valence-electron chi connectivity index (χ4n) is 2.50. The smallest absolute Gasteiger partial charge is 0.269 e. The highest BCUT2D eigenvalue weighted by Gasteiger charge is 2.16. The maximum Gasteiger partial charge on any atom is 0.269 e.